The normalized spacial score (nSPS) is 14.4. The average Bonchev–Trinajstić information content (AvgIpc) is 3.19. The summed E-state index contributed by atoms with van der Waals surface area (Å²) < 4.78 is 46.7. The van der Waals surface area contributed by atoms with Crippen LogP contribution in [0.2, 0.25) is 46.3 Å². The standard InChI is InChI=1S/C44H60O8Si5/c1-29(53-37-21-13-17-33(45-5)41(37)49-9)25-57(26-30(2)54-38-22-14-18-34(46-6)42(38)50-10,27-31(3)55-39-23-15-19-35(47-7)43(39)51-11)28-32(4)56-40-24-16-20-36(48-8)44(40)52-12/h13-24,29-32H,25-28H2,1-12H3. The minimum Gasteiger partial charge on any atom is -0.493 e. The molecular formula is C44H60O8Si5. The Kier molecular flexibility index (Phi) is 18.2. The van der Waals surface area contributed by atoms with E-state index in [9.17, 15) is 0 Å². The molecule has 4 unspecified atom stereocenters. The molecule has 4 rings (SSSR count). The molecule has 13 heteroatoms. The second-order valence-electron chi connectivity index (χ2n) is 14.7. The molecule has 0 aliphatic carbocycles. The summed E-state index contributed by atoms with van der Waals surface area (Å²) in [7, 11) is 14.0. The lowest BCUT2D eigenvalue weighted by atomic mass is 10.3. The van der Waals surface area contributed by atoms with Gasteiger partial charge < -0.3 is 37.9 Å². The molecule has 0 saturated heterocycles. The first-order chi connectivity index (χ1) is 27.5. The second-order valence-corrected chi connectivity index (χ2v) is 26.5. The van der Waals surface area contributed by atoms with Gasteiger partial charge in [0.15, 0.2) is 46.0 Å². The van der Waals surface area contributed by atoms with Crippen LogP contribution >= 0.6 is 0 Å². The highest BCUT2D eigenvalue weighted by molar-refractivity contribution is 6.84. The molecule has 0 fully saturated rings. The van der Waals surface area contributed by atoms with Crippen LogP contribution in [0.1, 0.15) is 27.7 Å². The van der Waals surface area contributed by atoms with Crippen LogP contribution in [0.3, 0.4) is 0 Å². The highest BCUT2D eigenvalue weighted by atomic mass is 28.3. The maximum atomic E-state index is 5.94. The summed E-state index contributed by atoms with van der Waals surface area (Å²) in [6.07, 6.45) is 0. The number of hydrogen-bond donors (Lipinski definition) is 0. The van der Waals surface area contributed by atoms with Crippen molar-refractivity contribution in [2.24, 2.45) is 0 Å². The van der Waals surface area contributed by atoms with Crippen molar-refractivity contribution in [1.29, 1.82) is 0 Å². The van der Waals surface area contributed by atoms with Gasteiger partial charge in [-0.1, -0.05) is 100 Å². The highest BCUT2D eigenvalue weighted by Crippen LogP contribution is 2.43. The Hall–Kier alpha value is -3.64. The van der Waals surface area contributed by atoms with Crippen molar-refractivity contribution in [3.05, 3.63) is 72.8 Å². The molecule has 4 aromatic carbocycles. The lowest BCUT2D eigenvalue weighted by molar-refractivity contribution is 0.357. The van der Waals surface area contributed by atoms with Gasteiger partial charge in [0, 0.05) is 0 Å². The Morgan fingerprint density at radius 3 is 0.737 bits per heavy atom. The van der Waals surface area contributed by atoms with E-state index in [1.54, 1.807) is 56.9 Å². The largest absolute Gasteiger partial charge is 0.493 e. The van der Waals surface area contributed by atoms with Gasteiger partial charge in [-0.2, -0.15) is 0 Å². The van der Waals surface area contributed by atoms with Gasteiger partial charge in [0.2, 0.25) is 0 Å². The molecular weight excluding hydrogens is 797 g/mol. The maximum absolute atomic E-state index is 5.94. The summed E-state index contributed by atoms with van der Waals surface area (Å²) in [5.74, 6) is 6.51. The van der Waals surface area contributed by atoms with E-state index in [0.717, 1.165) is 46.0 Å². The molecule has 0 amide bonds. The Morgan fingerprint density at radius 1 is 0.351 bits per heavy atom. The number of para-hydroxylation sites is 4. The Bertz CT molecular complexity index is 1590. The Balaban J connectivity index is 1.80. The van der Waals surface area contributed by atoms with Gasteiger partial charge in [0.25, 0.3) is 0 Å². The first-order valence-corrected chi connectivity index (χ1v) is 26.5. The zero-order valence-electron chi connectivity index (χ0n) is 35.8. The van der Waals surface area contributed by atoms with Gasteiger partial charge in [0.1, 0.15) is 0 Å². The predicted octanol–water partition coefficient (Wildman–Crippen LogP) is 6.86. The molecule has 0 N–H and O–H groups in total. The van der Waals surface area contributed by atoms with Crippen LogP contribution < -0.4 is 58.6 Å². The quantitative estimate of drug-likeness (QED) is 0.0710. The lowest BCUT2D eigenvalue weighted by Crippen LogP contribution is -2.43. The number of methoxy groups -OCH3 is 8. The van der Waals surface area contributed by atoms with E-state index in [4.69, 9.17) is 37.9 Å². The van der Waals surface area contributed by atoms with E-state index >= 15 is 0 Å². The minimum atomic E-state index is -2.12. The fourth-order valence-electron chi connectivity index (χ4n) is 8.37. The average molecular weight is 857 g/mol. The van der Waals surface area contributed by atoms with E-state index < -0.39 is 8.07 Å². The van der Waals surface area contributed by atoms with Crippen LogP contribution in [-0.4, -0.2) is 103 Å². The Labute approximate surface area is 352 Å². The zero-order valence-corrected chi connectivity index (χ0v) is 40.8. The predicted molar refractivity (Wildman–Crippen MR) is 242 cm³/mol. The number of benzene rings is 4. The Morgan fingerprint density at radius 2 is 0.561 bits per heavy atom. The molecule has 4 aromatic rings. The maximum Gasteiger partial charge on any atom is 0.160 e. The molecule has 304 valence electrons. The lowest BCUT2D eigenvalue weighted by Gasteiger charge is -2.40. The SMILES string of the molecule is COc1cccc([Si]C(C)C[Si](CC(C)[Si]c2cccc(OC)c2OC)(CC(C)[Si]c2cccc(OC)c2OC)CC(C)[Si]c2cccc(OC)c2OC)c1OC. The summed E-state index contributed by atoms with van der Waals surface area (Å²) >= 11 is 0. The summed E-state index contributed by atoms with van der Waals surface area (Å²) in [4.78, 5) is 0. The van der Waals surface area contributed by atoms with Crippen LogP contribution in [0, 0.1) is 0 Å². The van der Waals surface area contributed by atoms with Crippen LogP contribution in [0.4, 0.5) is 0 Å². The molecule has 0 aliphatic heterocycles. The fraction of sp³-hybridized carbons (Fsp3) is 0.455. The summed E-state index contributed by atoms with van der Waals surface area (Å²) in [6.45, 7) is 9.81. The molecule has 0 saturated carbocycles. The van der Waals surface area contributed by atoms with E-state index in [1.165, 1.54) is 44.9 Å². The minimum absolute atomic E-state index is 0.448. The third kappa shape index (κ3) is 12.2. The molecule has 4 atom stereocenters. The number of rotatable bonds is 24. The summed E-state index contributed by atoms with van der Waals surface area (Å²) in [5.41, 5.74) is 1.79. The zero-order chi connectivity index (χ0) is 41.5. The highest BCUT2D eigenvalue weighted by Gasteiger charge is 2.40. The monoisotopic (exact) mass is 856 g/mol. The van der Waals surface area contributed by atoms with Crippen molar-refractivity contribution < 1.29 is 37.9 Å². The molecule has 0 heterocycles. The molecule has 0 spiro atoms. The molecule has 8 nitrogen and oxygen atoms in total. The van der Waals surface area contributed by atoms with E-state index in [0.29, 0.717) is 60.2 Å². The fourth-order valence-corrected chi connectivity index (χ4v) is 25.7. The van der Waals surface area contributed by atoms with Crippen molar-refractivity contribution in [3.63, 3.8) is 0 Å². The van der Waals surface area contributed by atoms with Crippen LogP contribution in [0.15, 0.2) is 72.8 Å². The third-order valence-electron chi connectivity index (χ3n) is 10.2. The topological polar surface area (TPSA) is 73.8 Å². The molecule has 0 aromatic heterocycles. The first kappa shape index (κ1) is 46.1. The molecule has 8 radical (unpaired) electrons. The van der Waals surface area contributed by atoms with Gasteiger partial charge in [-0.25, -0.2) is 0 Å². The van der Waals surface area contributed by atoms with Crippen molar-refractivity contribution in [3.8, 4) is 46.0 Å². The van der Waals surface area contributed by atoms with E-state index in [-0.39, 0.29) is 0 Å². The van der Waals surface area contributed by atoms with Gasteiger partial charge in [-0.05, 0) is 67.2 Å². The van der Waals surface area contributed by atoms with Gasteiger partial charge in [0.05, 0.1) is 103 Å². The molecule has 0 bridgehead atoms. The van der Waals surface area contributed by atoms with Crippen LogP contribution in [-0.2, 0) is 0 Å². The summed E-state index contributed by atoms with van der Waals surface area (Å²) in [5, 5.41) is 4.87. The van der Waals surface area contributed by atoms with Crippen LogP contribution in [0.25, 0.3) is 0 Å². The van der Waals surface area contributed by atoms with Gasteiger partial charge >= 0.3 is 0 Å². The van der Waals surface area contributed by atoms with Crippen molar-refractivity contribution in [1.82, 2.24) is 0 Å². The van der Waals surface area contributed by atoms with Crippen molar-refractivity contribution >= 4 is 66.9 Å². The smallest absolute Gasteiger partial charge is 0.160 e. The van der Waals surface area contributed by atoms with Gasteiger partial charge in [-0.3, -0.25) is 0 Å². The third-order valence-corrected chi connectivity index (χ3v) is 23.3. The number of hydrogen-bond acceptors (Lipinski definition) is 8. The molecule has 0 aliphatic rings. The van der Waals surface area contributed by atoms with E-state index in [1.807, 2.05) is 24.3 Å². The summed E-state index contributed by atoms with van der Waals surface area (Å²) in [6, 6.07) is 29.9. The molecule has 57 heavy (non-hydrogen) atoms. The first-order valence-electron chi connectivity index (χ1n) is 19.4. The van der Waals surface area contributed by atoms with Crippen molar-refractivity contribution in [2.75, 3.05) is 56.9 Å². The van der Waals surface area contributed by atoms with Crippen molar-refractivity contribution in [2.45, 2.75) is 74.0 Å². The number of ether oxygens (including phenoxy) is 8. The van der Waals surface area contributed by atoms with Gasteiger partial charge in [-0.15, -0.1) is 0 Å². The second kappa shape index (κ2) is 22.5. The van der Waals surface area contributed by atoms with Crippen LogP contribution in [0.5, 0.6) is 46.0 Å². The van der Waals surface area contributed by atoms with E-state index in [2.05, 4.69) is 76.2 Å².